The second-order valence-electron chi connectivity index (χ2n) is 5.51. The summed E-state index contributed by atoms with van der Waals surface area (Å²) in [5, 5.41) is 11.5. The molecule has 0 saturated carbocycles. The second-order valence-corrected chi connectivity index (χ2v) is 5.51. The van der Waals surface area contributed by atoms with E-state index in [9.17, 15) is 14.4 Å². The third-order valence-corrected chi connectivity index (χ3v) is 3.86. The number of hydrogen-bond acceptors (Lipinski definition) is 4. The first kappa shape index (κ1) is 16.7. The molecule has 8 heteroatoms. The van der Waals surface area contributed by atoms with Crippen LogP contribution in [0.5, 0.6) is 0 Å². The molecule has 0 radical (unpaired) electrons. The van der Waals surface area contributed by atoms with E-state index >= 15 is 0 Å². The van der Waals surface area contributed by atoms with Crippen molar-refractivity contribution in [2.24, 2.45) is 0 Å². The zero-order valence-corrected chi connectivity index (χ0v) is 13.5. The summed E-state index contributed by atoms with van der Waals surface area (Å²) in [6.45, 7) is 7.23. The first-order valence-electron chi connectivity index (χ1n) is 7.46. The van der Waals surface area contributed by atoms with E-state index in [-0.39, 0.29) is 17.9 Å². The summed E-state index contributed by atoms with van der Waals surface area (Å²) >= 11 is 0. The van der Waals surface area contributed by atoms with E-state index in [1.165, 1.54) is 5.56 Å². The SMILES string of the molecule is Cc1nn(CCCNC(=O)Cc2cc(=O)[nH][nH]c2=O)c(C)c1C. The number of carbonyl (C=O) groups is 1. The Morgan fingerprint density at radius 1 is 1.26 bits per heavy atom. The summed E-state index contributed by atoms with van der Waals surface area (Å²) in [4.78, 5) is 34.4. The summed E-state index contributed by atoms with van der Waals surface area (Å²) in [5.41, 5.74) is 2.58. The molecule has 2 aromatic rings. The van der Waals surface area contributed by atoms with Gasteiger partial charge in [-0.2, -0.15) is 5.10 Å². The van der Waals surface area contributed by atoms with Crippen LogP contribution in [0.25, 0.3) is 0 Å². The molecule has 0 bridgehead atoms. The normalized spacial score (nSPS) is 10.7. The second kappa shape index (κ2) is 7.08. The van der Waals surface area contributed by atoms with Crippen molar-refractivity contribution in [2.45, 2.75) is 40.2 Å². The van der Waals surface area contributed by atoms with Gasteiger partial charge < -0.3 is 5.32 Å². The summed E-state index contributed by atoms with van der Waals surface area (Å²) < 4.78 is 1.93. The Hall–Kier alpha value is -2.64. The molecule has 0 aliphatic rings. The molecule has 23 heavy (non-hydrogen) atoms. The Balaban J connectivity index is 1.81. The van der Waals surface area contributed by atoms with Gasteiger partial charge in [0.15, 0.2) is 0 Å². The van der Waals surface area contributed by atoms with Gasteiger partial charge in [0.1, 0.15) is 0 Å². The number of amides is 1. The fourth-order valence-corrected chi connectivity index (χ4v) is 2.29. The number of rotatable bonds is 6. The summed E-state index contributed by atoms with van der Waals surface area (Å²) in [6.07, 6.45) is 0.622. The minimum absolute atomic E-state index is 0.113. The zero-order valence-electron chi connectivity index (χ0n) is 13.5. The van der Waals surface area contributed by atoms with Crippen LogP contribution >= 0.6 is 0 Å². The van der Waals surface area contributed by atoms with Crippen LogP contribution in [0.3, 0.4) is 0 Å². The molecular weight excluding hydrogens is 298 g/mol. The quantitative estimate of drug-likeness (QED) is 0.647. The highest BCUT2D eigenvalue weighted by atomic mass is 16.2. The molecule has 2 aromatic heterocycles. The number of aromatic amines is 2. The Morgan fingerprint density at radius 3 is 2.65 bits per heavy atom. The van der Waals surface area contributed by atoms with E-state index in [4.69, 9.17) is 0 Å². The minimum Gasteiger partial charge on any atom is -0.356 e. The van der Waals surface area contributed by atoms with Gasteiger partial charge in [0.05, 0.1) is 12.1 Å². The molecule has 8 nitrogen and oxygen atoms in total. The molecule has 2 rings (SSSR count). The fraction of sp³-hybridized carbons (Fsp3) is 0.467. The van der Waals surface area contributed by atoms with Crippen molar-refractivity contribution >= 4 is 5.91 Å². The molecule has 0 aliphatic carbocycles. The first-order chi connectivity index (χ1) is 10.9. The van der Waals surface area contributed by atoms with Crippen molar-refractivity contribution in [1.29, 1.82) is 0 Å². The van der Waals surface area contributed by atoms with E-state index in [0.29, 0.717) is 13.1 Å². The van der Waals surface area contributed by atoms with Gasteiger partial charge in [-0.05, 0) is 32.8 Å². The molecule has 2 heterocycles. The van der Waals surface area contributed by atoms with Crippen LogP contribution in [0.1, 0.15) is 28.9 Å². The summed E-state index contributed by atoms with van der Waals surface area (Å²) in [7, 11) is 0. The van der Waals surface area contributed by atoms with Crippen molar-refractivity contribution in [1.82, 2.24) is 25.3 Å². The molecular formula is C15H21N5O3. The van der Waals surface area contributed by atoms with Crippen molar-refractivity contribution in [3.8, 4) is 0 Å². The lowest BCUT2D eigenvalue weighted by Gasteiger charge is -2.07. The Bertz CT molecular complexity index is 815. The molecule has 0 atom stereocenters. The van der Waals surface area contributed by atoms with E-state index in [0.717, 1.165) is 23.9 Å². The van der Waals surface area contributed by atoms with Gasteiger partial charge in [0, 0.05) is 30.4 Å². The van der Waals surface area contributed by atoms with Gasteiger partial charge >= 0.3 is 0 Å². The molecule has 124 valence electrons. The van der Waals surface area contributed by atoms with Crippen LogP contribution in [0.15, 0.2) is 15.7 Å². The van der Waals surface area contributed by atoms with E-state index in [2.05, 4.69) is 20.6 Å². The molecule has 3 N–H and O–H groups in total. The number of hydrogen-bond donors (Lipinski definition) is 3. The Labute approximate surface area is 132 Å². The number of nitrogens with zero attached hydrogens (tertiary/aromatic N) is 2. The van der Waals surface area contributed by atoms with Gasteiger partial charge in [0.2, 0.25) is 5.91 Å². The molecule has 0 unspecified atom stereocenters. The molecule has 0 aromatic carbocycles. The van der Waals surface area contributed by atoms with Gasteiger partial charge in [-0.15, -0.1) is 0 Å². The van der Waals surface area contributed by atoms with Crippen LogP contribution in [-0.2, 0) is 17.8 Å². The van der Waals surface area contributed by atoms with Crippen LogP contribution in [-0.4, -0.2) is 32.4 Å². The highest BCUT2D eigenvalue weighted by Crippen LogP contribution is 2.10. The van der Waals surface area contributed by atoms with Crippen LogP contribution in [0.4, 0.5) is 0 Å². The smallest absolute Gasteiger partial charge is 0.266 e. The maximum Gasteiger partial charge on any atom is 0.266 e. The number of carbonyl (C=O) groups excluding carboxylic acids is 1. The maximum absolute atomic E-state index is 11.8. The monoisotopic (exact) mass is 319 g/mol. The zero-order chi connectivity index (χ0) is 17.0. The predicted octanol–water partition coefficient (Wildman–Crippen LogP) is -0.0660. The van der Waals surface area contributed by atoms with Gasteiger partial charge in [-0.25, -0.2) is 0 Å². The summed E-state index contributed by atoms with van der Waals surface area (Å²) in [5.74, 6) is -0.286. The lowest BCUT2D eigenvalue weighted by Crippen LogP contribution is -2.31. The third kappa shape index (κ3) is 4.18. The largest absolute Gasteiger partial charge is 0.356 e. The highest BCUT2D eigenvalue weighted by Gasteiger charge is 2.09. The third-order valence-electron chi connectivity index (χ3n) is 3.86. The lowest BCUT2D eigenvalue weighted by molar-refractivity contribution is -0.120. The average Bonchev–Trinajstić information content (AvgIpc) is 2.75. The van der Waals surface area contributed by atoms with E-state index in [1.807, 2.05) is 25.5 Å². The number of aryl methyl sites for hydroxylation is 2. The molecule has 0 fully saturated rings. The fourth-order valence-electron chi connectivity index (χ4n) is 2.29. The van der Waals surface area contributed by atoms with Crippen LogP contribution in [0.2, 0.25) is 0 Å². The number of aromatic nitrogens is 4. The van der Waals surface area contributed by atoms with Gasteiger partial charge in [-0.1, -0.05) is 0 Å². The van der Waals surface area contributed by atoms with Crippen molar-refractivity contribution in [3.63, 3.8) is 0 Å². The lowest BCUT2D eigenvalue weighted by atomic mass is 10.2. The number of H-pyrrole nitrogens is 2. The topological polar surface area (TPSA) is 113 Å². The molecule has 0 saturated heterocycles. The van der Waals surface area contributed by atoms with Crippen molar-refractivity contribution < 1.29 is 4.79 Å². The van der Waals surface area contributed by atoms with Gasteiger partial charge in [0.25, 0.3) is 11.1 Å². The first-order valence-corrected chi connectivity index (χ1v) is 7.46. The van der Waals surface area contributed by atoms with Crippen LogP contribution < -0.4 is 16.4 Å². The number of nitrogens with one attached hydrogen (secondary N) is 3. The maximum atomic E-state index is 11.8. The minimum atomic E-state index is -0.460. The van der Waals surface area contributed by atoms with Crippen molar-refractivity contribution in [2.75, 3.05) is 6.54 Å². The average molecular weight is 319 g/mol. The van der Waals surface area contributed by atoms with Crippen molar-refractivity contribution in [3.05, 3.63) is 49.3 Å². The van der Waals surface area contributed by atoms with E-state index in [1.54, 1.807) is 0 Å². The molecule has 0 aliphatic heterocycles. The molecule has 1 amide bonds. The molecule has 0 spiro atoms. The highest BCUT2D eigenvalue weighted by molar-refractivity contribution is 5.78. The summed E-state index contributed by atoms with van der Waals surface area (Å²) in [6, 6.07) is 1.14. The Morgan fingerprint density at radius 2 is 2.00 bits per heavy atom. The van der Waals surface area contributed by atoms with Gasteiger partial charge in [-0.3, -0.25) is 29.3 Å². The standard InChI is InChI=1S/C15H21N5O3/c1-9-10(2)19-20(11(9)3)6-4-5-16-13(21)7-12-8-14(22)17-18-15(12)23/h8H,4-7H2,1-3H3,(H,16,21)(H,17,22)(H,18,23). The predicted molar refractivity (Wildman–Crippen MR) is 85.5 cm³/mol. The van der Waals surface area contributed by atoms with Crippen LogP contribution in [0, 0.1) is 20.8 Å². The Kier molecular flexibility index (Phi) is 5.15. The van der Waals surface area contributed by atoms with E-state index < -0.39 is 11.1 Å².